The number of fused-ring (bicyclic) bond motifs is 1. The zero-order valence-electron chi connectivity index (χ0n) is 13.3. The zero-order chi connectivity index (χ0) is 17.8. The number of nitrogens with zero attached hydrogens (tertiary/aromatic N) is 1. The molecule has 1 aromatic heterocycles. The van der Waals surface area contributed by atoms with Gasteiger partial charge in [0.15, 0.2) is 5.13 Å². The molecule has 8 heteroatoms. The van der Waals surface area contributed by atoms with Crippen LogP contribution in [0.2, 0.25) is 5.02 Å². The molecule has 3 amide bonds. The van der Waals surface area contributed by atoms with Crippen molar-refractivity contribution in [1.29, 1.82) is 0 Å². The molecule has 2 aromatic carbocycles. The van der Waals surface area contributed by atoms with Crippen LogP contribution in [0.25, 0.3) is 10.2 Å². The lowest BCUT2D eigenvalue weighted by Gasteiger charge is -2.07. The fourth-order valence-electron chi connectivity index (χ4n) is 2.12. The van der Waals surface area contributed by atoms with Gasteiger partial charge in [0, 0.05) is 22.8 Å². The summed E-state index contributed by atoms with van der Waals surface area (Å²) in [5.41, 5.74) is 2.00. The number of benzene rings is 2. The van der Waals surface area contributed by atoms with Crippen molar-refractivity contribution in [2.75, 3.05) is 16.0 Å². The molecule has 0 unspecified atom stereocenters. The number of urea groups is 1. The number of aromatic nitrogens is 1. The lowest BCUT2D eigenvalue weighted by atomic mass is 10.3. The smallest absolute Gasteiger partial charge is 0.308 e. The summed E-state index contributed by atoms with van der Waals surface area (Å²) in [6.07, 6.45) is 0.395. The van der Waals surface area contributed by atoms with Crippen molar-refractivity contribution in [3.8, 4) is 0 Å². The van der Waals surface area contributed by atoms with Crippen molar-refractivity contribution in [2.24, 2.45) is 0 Å². The van der Waals surface area contributed by atoms with Gasteiger partial charge in [0.25, 0.3) is 0 Å². The summed E-state index contributed by atoms with van der Waals surface area (Å²) in [6.45, 7) is 1.78. The van der Waals surface area contributed by atoms with E-state index >= 15 is 0 Å². The van der Waals surface area contributed by atoms with Crippen molar-refractivity contribution >= 4 is 61.6 Å². The number of anilines is 3. The lowest BCUT2D eigenvalue weighted by Crippen LogP contribution is -2.19. The molecular weight excluding hydrogens is 360 g/mol. The van der Waals surface area contributed by atoms with E-state index in [-0.39, 0.29) is 11.9 Å². The first-order chi connectivity index (χ1) is 12.0. The summed E-state index contributed by atoms with van der Waals surface area (Å²) >= 11 is 7.25. The van der Waals surface area contributed by atoms with Gasteiger partial charge in [0.2, 0.25) is 5.91 Å². The zero-order valence-corrected chi connectivity index (χ0v) is 14.9. The van der Waals surface area contributed by atoms with E-state index in [1.165, 1.54) is 11.3 Å². The van der Waals surface area contributed by atoms with Gasteiger partial charge in [-0.25, -0.2) is 9.78 Å². The Labute approximate surface area is 153 Å². The number of rotatable bonds is 4. The molecule has 0 aliphatic rings. The van der Waals surface area contributed by atoms with Crippen LogP contribution in [-0.4, -0.2) is 16.9 Å². The van der Waals surface area contributed by atoms with Crippen LogP contribution < -0.4 is 16.0 Å². The molecular formula is C17H15ClN4O2S. The maximum absolute atomic E-state index is 12.1. The van der Waals surface area contributed by atoms with Crippen molar-refractivity contribution < 1.29 is 9.59 Å². The van der Waals surface area contributed by atoms with Gasteiger partial charge >= 0.3 is 6.03 Å². The monoisotopic (exact) mass is 374 g/mol. The minimum absolute atomic E-state index is 0.0849. The highest BCUT2D eigenvalue weighted by atomic mass is 35.5. The second-order valence-electron chi connectivity index (χ2n) is 5.19. The number of nitrogens with one attached hydrogen (secondary N) is 3. The molecule has 6 nitrogen and oxygen atoms in total. The summed E-state index contributed by atoms with van der Waals surface area (Å²) in [5, 5.41) is 9.30. The van der Waals surface area contributed by atoms with E-state index in [4.69, 9.17) is 11.6 Å². The van der Waals surface area contributed by atoms with E-state index in [0.29, 0.717) is 27.9 Å². The first kappa shape index (κ1) is 17.2. The number of halogens is 1. The van der Waals surface area contributed by atoms with E-state index < -0.39 is 0 Å². The van der Waals surface area contributed by atoms with E-state index in [2.05, 4.69) is 20.9 Å². The molecule has 25 heavy (non-hydrogen) atoms. The number of hydrogen-bond acceptors (Lipinski definition) is 4. The van der Waals surface area contributed by atoms with Crippen LogP contribution in [0, 0.1) is 0 Å². The summed E-state index contributed by atoms with van der Waals surface area (Å²) < 4.78 is 0.868. The molecule has 0 atom stereocenters. The molecule has 0 radical (unpaired) electrons. The highest BCUT2D eigenvalue weighted by molar-refractivity contribution is 7.22. The number of hydrogen-bond donors (Lipinski definition) is 3. The molecule has 0 saturated carbocycles. The van der Waals surface area contributed by atoms with Gasteiger partial charge in [-0.1, -0.05) is 35.9 Å². The van der Waals surface area contributed by atoms with Crippen LogP contribution in [0.5, 0.6) is 0 Å². The summed E-state index contributed by atoms with van der Waals surface area (Å²) in [6, 6.07) is 11.9. The molecule has 3 aromatic rings. The largest absolute Gasteiger partial charge is 0.323 e. The minimum Gasteiger partial charge on any atom is -0.308 e. The Balaban J connectivity index is 1.70. The first-order valence-electron chi connectivity index (χ1n) is 7.57. The van der Waals surface area contributed by atoms with Gasteiger partial charge in [-0.2, -0.15) is 0 Å². The Morgan fingerprint density at radius 3 is 2.56 bits per heavy atom. The van der Waals surface area contributed by atoms with Crippen molar-refractivity contribution in [2.45, 2.75) is 13.3 Å². The van der Waals surface area contributed by atoms with E-state index in [1.807, 2.05) is 6.07 Å². The van der Waals surface area contributed by atoms with E-state index in [1.54, 1.807) is 43.3 Å². The number of carbonyl (C=O) groups excluding carboxylic acids is 2. The maximum atomic E-state index is 12.1. The molecule has 0 bridgehead atoms. The topological polar surface area (TPSA) is 83.1 Å². The van der Waals surface area contributed by atoms with Crippen LogP contribution in [0.3, 0.4) is 0 Å². The Bertz CT molecular complexity index is 941. The third-order valence-electron chi connectivity index (χ3n) is 3.30. The summed E-state index contributed by atoms with van der Waals surface area (Å²) in [5.74, 6) is -0.0849. The summed E-state index contributed by atoms with van der Waals surface area (Å²) in [7, 11) is 0. The minimum atomic E-state index is -0.370. The molecule has 0 aliphatic heterocycles. The second-order valence-corrected chi connectivity index (χ2v) is 6.66. The van der Waals surface area contributed by atoms with E-state index in [9.17, 15) is 9.59 Å². The van der Waals surface area contributed by atoms with Gasteiger partial charge in [0.05, 0.1) is 10.2 Å². The number of thiazole rings is 1. The Morgan fingerprint density at radius 2 is 1.84 bits per heavy atom. The van der Waals surface area contributed by atoms with Crippen LogP contribution in [0.4, 0.5) is 21.3 Å². The fourth-order valence-corrected chi connectivity index (χ4v) is 3.23. The number of amides is 3. The third kappa shape index (κ3) is 4.46. The molecule has 0 saturated heterocycles. The van der Waals surface area contributed by atoms with Crippen LogP contribution in [0.1, 0.15) is 13.3 Å². The van der Waals surface area contributed by atoms with Crippen LogP contribution >= 0.6 is 22.9 Å². The normalized spacial score (nSPS) is 10.5. The van der Waals surface area contributed by atoms with Crippen LogP contribution in [0.15, 0.2) is 42.5 Å². The van der Waals surface area contributed by atoms with Crippen LogP contribution in [-0.2, 0) is 4.79 Å². The van der Waals surface area contributed by atoms with Crippen molar-refractivity contribution in [3.05, 3.63) is 47.5 Å². The summed E-state index contributed by atoms with van der Waals surface area (Å²) in [4.78, 5) is 27.9. The third-order valence-corrected chi connectivity index (χ3v) is 4.46. The molecule has 3 rings (SSSR count). The Hall–Kier alpha value is -2.64. The Morgan fingerprint density at radius 1 is 1.08 bits per heavy atom. The van der Waals surface area contributed by atoms with Gasteiger partial charge in [-0.15, -0.1) is 0 Å². The maximum Gasteiger partial charge on any atom is 0.323 e. The molecule has 128 valence electrons. The first-order valence-corrected chi connectivity index (χ1v) is 8.77. The highest BCUT2D eigenvalue weighted by Crippen LogP contribution is 2.28. The SMILES string of the molecule is CCC(=O)Nc1nc2ccc(NC(=O)Nc3cccc(Cl)c3)cc2s1. The Kier molecular flexibility index (Phi) is 5.16. The van der Waals surface area contributed by atoms with Crippen molar-refractivity contribution in [1.82, 2.24) is 4.98 Å². The lowest BCUT2D eigenvalue weighted by molar-refractivity contribution is -0.115. The molecule has 0 fully saturated rings. The quantitative estimate of drug-likeness (QED) is 0.604. The predicted octanol–water partition coefficient (Wildman–Crippen LogP) is 4.94. The van der Waals surface area contributed by atoms with Gasteiger partial charge < -0.3 is 16.0 Å². The fraction of sp³-hybridized carbons (Fsp3) is 0.118. The van der Waals surface area contributed by atoms with Gasteiger partial charge in [-0.3, -0.25) is 4.79 Å². The standard InChI is InChI=1S/C17H15ClN4O2S/c1-2-15(23)22-17-21-13-7-6-12(9-14(13)25-17)20-16(24)19-11-5-3-4-10(18)8-11/h3-9H,2H2,1H3,(H2,19,20,24)(H,21,22,23). The predicted molar refractivity (Wildman–Crippen MR) is 103 cm³/mol. The van der Waals surface area contributed by atoms with Gasteiger partial charge in [-0.05, 0) is 36.4 Å². The second kappa shape index (κ2) is 7.50. The number of carbonyl (C=O) groups is 2. The molecule has 0 aliphatic carbocycles. The molecule has 0 spiro atoms. The van der Waals surface area contributed by atoms with Crippen molar-refractivity contribution in [3.63, 3.8) is 0 Å². The average molecular weight is 375 g/mol. The van der Waals surface area contributed by atoms with Gasteiger partial charge in [0.1, 0.15) is 0 Å². The van der Waals surface area contributed by atoms with E-state index in [0.717, 1.165) is 10.2 Å². The molecule has 1 heterocycles. The average Bonchev–Trinajstić information content (AvgIpc) is 2.96. The highest BCUT2D eigenvalue weighted by Gasteiger charge is 2.09. The molecule has 3 N–H and O–H groups in total.